The number of aliphatic carboxylic acids is 2. The highest BCUT2D eigenvalue weighted by molar-refractivity contribution is 8.00. The van der Waals surface area contributed by atoms with Crippen LogP contribution in [-0.2, 0) is 19.2 Å². The van der Waals surface area contributed by atoms with Crippen molar-refractivity contribution in [2.45, 2.75) is 75.3 Å². The number of carboxylic acid groups (broad SMARTS) is 2. The van der Waals surface area contributed by atoms with Gasteiger partial charge in [-0.05, 0) is 19.3 Å². The molecular formula is C19H35N3O8S. The Hall–Kier alpha value is -1.89. The molecule has 11 nitrogen and oxygen atoms in total. The number of carboxylic acids is 2. The summed E-state index contributed by atoms with van der Waals surface area (Å²) >= 11 is 1.20. The zero-order chi connectivity index (χ0) is 23.8. The van der Waals surface area contributed by atoms with Crippen LogP contribution in [0.4, 0.5) is 0 Å². The van der Waals surface area contributed by atoms with Crippen LogP contribution in [0, 0.1) is 0 Å². The summed E-state index contributed by atoms with van der Waals surface area (Å²) < 4.78 is 0. The third kappa shape index (κ3) is 13.9. The maximum atomic E-state index is 12.3. The second-order valence-electron chi connectivity index (χ2n) is 7.16. The minimum absolute atomic E-state index is 0.0394. The molecule has 0 bridgehead atoms. The van der Waals surface area contributed by atoms with Gasteiger partial charge in [-0.2, -0.15) is 11.8 Å². The number of hydrogen-bond acceptors (Lipinski definition) is 8. The number of carbonyl (C=O) groups excluding carboxylic acids is 2. The predicted molar refractivity (Wildman–Crippen MR) is 116 cm³/mol. The van der Waals surface area contributed by atoms with Crippen molar-refractivity contribution in [2.75, 3.05) is 18.9 Å². The average molecular weight is 466 g/mol. The Morgan fingerprint density at radius 2 is 1.74 bits per heavy atom. The molecule has 0 saturated carbocycles. The number of thioether (sulfide) groups is 1. The summed E-state index contributed by atoms with van der Waals surface area (Å²) in [6.07, 6.45) is 2.57. The number of amides is 2. The van der Waals surface area contributed by atoms with E-state index < -0.39 is 48.5 Å². The van der Waals surface area contributed by atoms with Gasteiger partial charge in [0.25, 0.3) is 0 Å². The minimum Gasteiger partial charge on any atom is -0.480 e. The first-order chi connectivity index (χ1) is 14.6. The maximum Gasteiger partial charge on any atom is 0.322 e. The first-order valence-corrected chi connectivity index (χ1v) is 11.3. The number of aliphatic hydroxyl groups excluding tert-OH is 2. The van der Waals surface area contributed by atoms with E-state index >= 15 is 0 Å². The van der Waals surface area contributed by atoms with E-state index in [0.29, 0.717) is 12.8 Å². The second kappa shape index (κ2) is 16.8. The summed E-state index contributed by atoms with van der Waals surface area (Å²) in [5.41, 5.74) is 5.37. The highest BCUT2D eigenvalue weighted by Crippen LogP contribution is 2.23. The quantitative estimate of drug-likeness (QED) is 0.127. The summed E-state index contributed by atoms with van der Waals surface area (Å²) in [7, 11) is 0. The van der Waals surface area contributed by atoms with Crippen molar-refractivity contribution in [1.29, 1.82) is 0 Å². The molecule has 0 aromatic carbocycles. The van der Waals surface area contributed by atoms with Crippen LogP contribution in [0.25, 0.3) is 0 Å². The molecule has 0 heterocycles. The molecule has 2 amide bonds. The molecule has 0 saturated heterocycles. The molecule has 0 spiro atoms. The van der Waals surface area contributed by atoms with E-state index in [1.807, 2.05) is 6.92 Å². The lowest BCUT2D eigenvalue weighted by Crippen LogP contribution is -2.50. The van der Waals surface area contributed by atoms with Gasteiger partial charge in [-0.15, -0.1) is 0 Å². The molecule has 0 fully saturated rings. The van der Waals surface area contributed by atoms with E-state index in [2.05, 4.69) is 10.6 Å². The van der Waals surface area contributed by atoms with Crippen LogP contribution in [0.1, 0.15) is 51.9 Å². The summed E-state index contributed by atoms with van der Waals surface area (Å²) in [5.74, 6) is -3.77. The highest BCUT2D eigenvalue weighted by atomic mass is 32.2. The molecule has 0 rings (SSSR count). The van der Waals surface area contributed by atoms with Crippen LogP contribution < -0.4 is 16.4 Å². The van der Waals surface area contributed by atoms with E-state index in [9.17, 15) is 29.4 Å². The number of aliphatic hydroxyl groups is 2. The lowest BCUT2D eigenvalue weighted by molar-refractivity contribution is -0.139. The summed E-state index contributed by atoms with van der Waals surface area (Å²) in [5, 5.41) is 41.5. The first-order valence-electron chi connectivity index (χ1n) is 10.3. The van der Waals surface area contributed by atoms with Crippen LogP contribution in [-0.4, -0.2) is 86.5 Å². The standard InChI is InChI=1S/C19H35N3O8S/c1-2-3-4-5-14(24)15(8-9-23)31-11-13(18(28)21-10-17(26)27)22-16(25)7-6-12(20)19(29)30/h12-15,23-24H,2-11,20H2,1H3,(H,21,28)(H,22,25)(H,26,27)(H,29,30). The van der Waals surface area contributed by atoms with E-state index in [1.54, 1.807) is 0 Å². The molecule has 180 valence electrons. The van der Waals surface area contributed by atoms with Crippen molar-refractivity contribution in [3.05, 3.63) is 0 Å². The van der Waals surface area contributed by atoms with E-state index in [0.717, 1.165) is 19.3 Å². The van der Waals surface area contributed by atoms with Crippen molar-refractivity contribution in [2.24, 2.45) is 5.73 Å². The molecule has 0 aromatic rings. The zero-order valence-electron chi connectivity index (χ0n) is 17.8. The monoisotopic (exact) mass is 465 g/mol. The molecule has 0 aliphatic rings. The van der Waals surface area contributed by atoms with Gasteiger partial charge in [0, 0.05) is 24.0 Å². The lowest BCUT2D eigenvalue weighted by Gasteiger charge is -2.25. The molecular weight excluding hydrogens is 430 g/mol. The number of nitrogens with one attached hydrogen (secondary N) is 2. The first kappa shape index (κ1) is 29.1. The van der Waals surface area contributed by atoms with E-state index in [4.69, 9.17) is 15.9 Å². The van der Waals surface area contributed by atoms with Gasteiger partial charge in [0.2, 0.25) is 11.8 Å². The predicted octanol–water partition coefficient (Wildman–Crippen LogP) is -0.710. The largest absolute Gasteiger partial charge is 0.480 e. The normalized spacial score (nSPS) is 14.8. The van der Waals surface area contributed by atoms with Crippen LogP contribution in [0.15, 0.2) is 0 Å². The van der Waals surface area contributed by atoms with Gasteiger partial charge < -0.3 is 36.8 Å². The van der Waals surface area contributed by atoms with Crippen molar-refractivity contribution in [1.82, 2.24) is 10.6 Å². The van der Waals surface area contributed by atoms with Gasteiger partial charge in [0.15, 0.2) is 0 Å². The molecule has 12 heteroatoms. The Morgan fingerprint density at radius 1 is 1.06 bits per heavy atom. The molecule has 4 unspecified atom stereocenters. The molecule has 0 aliphatic heterocycles. The Bertz CT molecular complexity index is 578. The SMILES string of the molecule is CCCCCC(O)C(CCO)SCC(NC(=O)CCC(N)C(=O)O)C(=O)NCC(=O)O. The Labute approximate surface area is 186 Å². The average Bonchev–Trinajstić information content (AvgIpc) is 2.71. The number of nitrogens with two attached hydrogens (primary N) is 1. The number of carbonyl (C=O) groups is 4. The fraction of sp³-hybridized carbons (Fsp3) is 0.789. The molecule has 0 aliphatic carbocycles. The third-order valence-corrected chi connectivity index (χ3v) is 5.99. The van der Waals surface area contributed by atoms with Crippen molar-refractivity contribution in [3.63, 3.8) is 0 Å². The zero-order valence-corrected chi connectivity index (χ0v) is 18.6. The fourth-order valence-corrected chi connectivity index (χ4v) is 3.97. The molecule has 8 N–H and O–H groups in total. The van der Waals surface area contributed by atoms with E-state index in [1.165, 1.54) is 11.8 Å². The summed E-state index contributed by atoms with van der Waals surface area (Å²) in [4.78, 5) is 46.0. The second-order valence-corrected chi connectivity index (χ2v) is 8.43. The Kier molecular flexibility index (Phi) is 15.7. The minimum atomic E-state index is -1.25. The van der Waals surface area contributed by atoms with Crippen molar-refractivity contribution >= 4 is 35.5 Å². The number of hydrogen-bond donors (Lipinski definition) is 7. The Balaban J connectivity index is 5.00. The van der Waals surface area contributed by atoms with Gasteiger partial charge in [-0.1, -0.05) is 26.2 Å². The Morgan fingerprint density at radius 3 is 2.29 bits per heavy atom. The molecule has 4 atom stereocenters. The van der Waals surface area contributed by atoms with Gasteiger partial charge in [0.05, 0.1) is 6.10 Å². The van der Waals surface area contributed by atoms with Crippen molar-refractivity contribution in [3.8, 4) is 0 Å². The van der Waals surface area contributed by atoms with E-state index in [-0.39, 0.29) is 30.5 Å². The third-order valence-electron chi connectivity index (χ3n) is 4.49. The fourth-order valence-electron chi connectivity index (χ4n) is 2.67. The lowest BCUT2D eigenvalue weighted by atomic mass is 10.1. The van der Waals surface area contributed by atoms with Crippen molar-refractivity contribution < 1.29 is 39.6 Å². The highest BCUT2D eigenvalue weighted by Gasteiger charge is 2.26. The van der Waals surface area contributed by atoms with Gasteiger partial charge >= 0.3 is 11.9 Å². The van der Waals surface area contributed by atoms with Crippen LogP contribution >= 0.6 is 11.8 Å². The molecule has 0 aromatic heterocycles. The number of rotatable bonds is 18. The maximum absolute atomic E-state index is 12.3. The van der Waals surface area contributed by atoms with Gasteiger partial charge in [-0.25, -0.2) is 0 Å². The van der Waals surface area contributed by atoms with Crippen LogP contribution in [0.2, 0.25) is 0 Å². The van der Waals surface area contributed by atoms with Crippen LogP contribution in [0.5, 0.6) is 0 Å². The summed E-state index contributed by atoms with van der Waals surface area (Å²) in [6.45, 7) is 1.26. The smallest absolute Gasteiger partial charge is 0.322 e. The topological polar surface area (TPSA) is 199 Å². The summed E-state index contributed by atoms with van der Waals surface area (Å²) in [6, 6.07) is -2.31. The molecule has 0 radical (unpaired) electrons. The number of unbranched alkanes of at least 4 members (excludes halogenated alkanes) is 2. The van der Waals surface area contributed by atoms with Crippen LogP contribution in [0.3, 0.4) is 0 Å². The van der Waals surface area contributed by atoms with Gasteiger partial charge in [0.1, 0.15) is 18.6 Å². The van der Waals surface area contributed by atoms with Gasteiger partial charge in [-0.3, -0.25) is 19.2 Å². The molecule has 31 heavy (non-hydrogen) atoms.